The zero-order valence-corrected chi connectivity index (χ0v) is 12.6. The number of hydrogen-bond acceptors (Lipinski definition) is 4. The number of esters is 1. The third-order valence-corrected chi connectivity index (χ3v) is 3.09. The number of carbonyl (C=O) groups is 2. The van der Waals surface area contributed by atoms with Crippen LogP contribution in [0.2, 0.25) is 0 Å². The highest BCUT2D eigenvalue weighted by Crippen LogP contribution is 2.29. The number of amides is 1. The molecule has 1 N–H and O–H groups in total. The third-order valence-electron chi connectivity index (χ3n) is 3.09. The first-order chi connectivity index (χ1) is 11.3. The van der Waals surface area contributed by atoms with Crippen LogP contribution in [-0.2, 0) is 22.1 Å². The van der Waals surface area contributed by atoms with Gasteiger partial charge in [-0.3, -0.25) is 4.79 Å². The summed E-state index contributed by atoms with van der Waals surface area (Å²) >= 11 is 0. The number of hydrogen-bond donors (Lipinski definition) is 1. The summed E-state index contributed by atoms with van der Waals surface area (Å²) in [6.07, 6.45) is -3.21. The second kappa shape index (κ2) is 7.12. The molecule has 1 aromatic carbocycles. The molecule has 1 heterocycles. The van der Waals surface area contributed by atoms with Gasteiger partial charge in [0.1, 0.15) is 5.69 Å². The summed E-state index contributed by atoms with van der Waals surface area (Å²) in [6, 6.07) is 7.22. The highest BCUT2D eigenvalue weighted by atomic mass is 19.4. The molecule has 2 rings (SSSR count). The van der Waals surface area contributed by atoms with Crippen molar-refractivity contribution in [3.05, 3.63) is 59.4 Å². The Hall–Kier alpha value is -2.90. The molecule has 0 fully saturated rings. The summed E-state index contributed by atoms with van der Waals surface area (Å²) in [5.74, 6) is -1.01. The molecule has 126 valence electrons. The molecule has 0 spiro atoms. The van der Waals surface area contributed by atoms with Gasteiger partial charge in [0.15, 0.2) is 0 Å². The molecule has 0 saturated heterocycles. The number of pyridine rings is 1. The first-order valence-electron chi connectivity index (χ1n) is 6.80. The fraction of sp³-hybridized carbons (Fsp3) is 0.188. The molecule has 0 aliphatic heterocycles. The van der Waals surface area contributed by atoms with Gasteiger partial charge in [-0.25, -0.2) is 9.78 Å². The van der Waals surface area contributed by atoms with Crippen molar-refractivity contribution in [1.29, 1.82) is 0 Å². The molecule has 8 heteroatoms. The van der Waals surface area contributed by atoms with Crippen LogP contribution in [0.15, 0.2) is 42.6 Å². The number of anilines is 1. The predicted octanol–water partition coefficient (Wildman–Crippen LogP) is 3.07. The molecule has 0 unspecified atom stereocenters. The molecule has 0 atom stereocenters. The van der Waals surface area contributed by atoms with Crippen molar-refractivity contribution in [1.82, 2.24) is 4.98 Å². The Morgan fingerprint density at radius 3 is 2.29 bits per heavy atom. The molecular formula is C16H13F3N2O3. The lowest BCUT2D eigenvalue weighted by atomic mass is 10.1. The van der Waals surface area contributed by atoms with E-state index in [9.17, 15) is 22.8 Å². The zero-order valence-electron chi connectivity index (χ0n) is 12.6. The van der Waals surface area contributed by atoms with E-state index in [2.05, 4.69) is 15.0 Å². The van der Waals surface area contributed by atoms with Gasteiger partial charge >= 0.3 is 12.1 Å². The molecule has 2 aromatic rings. The van der Waals surface area contributed by atoms with Gasteiger partial charge in [0.25, 0.3) is 0 Å². The van der Waals surface area contributed by atoms with Gasteiger partial charge in [-0.1, -0.05) is 12.1 Å². The van der Waals surface area contributed by atoms with Crippen LogP contribution in [0.25, 0.3) is 0 Å². The summed E-state index contributed by atoms with van der Waals surface area (Å²) < 4.78 is 41.9. The number of rotatable bonds is 4. The van der Waals surface area contributed by atoms with Crippen LogP contribution < -0.4 is 5.32 Å². The fourth-order valence-corrected chi connectivity index (χ4v) is 1.90. The van der Waals surface area contributed by atoms with Crippen LogP contribution in [0, 0.1) is 0 Å². The van der Waals surface area contributed by atoms with E-state index in [-0.39, 0.29) is 12.1 Å². The Bertz CT molecular complexity index is 726. The van der Waals surface area contributed by atoms with Crippen molar-refractivity contribution < 1.29 is 27.5 Å². The number of ether oxygens (including phenoxy) is 1. The summed E-state index contributed by atoms with van der Waals surface area (Å²) in [4.78, 5) is 27.0. The summed E-state index contributed by atoms with van der Waals surface area (Å²) in [5.41, 5.74) is 0.131. The lowest BCUT2D eigenvalue weighted by Crippen LogP contribution is -2.15. The Balaban J connectivity index is 1.97. The number of aromatic nitrogens is 1. The minimum absolute atomic E-state index is 0.0864. The molecule has 0 aliphatic rings. The highest BCUT2D eigenvalue weighted by molar-refractivity contribution is 5.93. The van der Waals surface area contributed by atoms with Crippen LogP contribution in [0.4, 0.5) is 18.9 Å². The van der Waals surface area contributed by atoms with Crippen molar-refractivity contribution >= 4 is 17.6 Å². The van der Waals surface area contributed by atoms with Crippen LogP contribution in [0.1, 0.15) is 21.6 Å². The number of nitrogens with one attached hydrogen (secondary N) is 1. The summed E-state index contributed by atoms with van der Waals surface area (Å²) in [7, 11) is 1.23. The monoisotopic (exact) mass is 338 g/mol. The number of nitrogens with zero attached hydrogens (tertiary/aromatic N) is 1. The van der Waals surface area contributed by atoms with Crippen LogP contribution >= 0.6 is 0 Å². The van der Waals surface area contributed by atoms with E-state index in [1.54, 1.807) is 0 Å². The van der Waals surface area contributed by atoms with Gasteiger partial charge in [0, 0.05) is 0 Å². The van der Waals surface area contributed by atoms with E-state index in [1.807, 2.05) is 0 Å². The van der Waals surface area contributed by atoms with Crippen molar-refractivity contribution in [2.45, 2.75) is 12.6 Å². The smallest absolute Gasteiger partial charge is 0.416 e. The van der Waals surface area contributed by atoms with Gasteiger partial charge in [0.05, 0.1) is 31.0 Å². The normalized spacial score (nSPS) is 11.0. The fourth-order valence-electron chi connectivity index (χ4n) is 1.90. The van der Waals surface area contributed by atoms with Gasteiger partial charge in [0.2, 0.25) is 5.91 Å². The minimum atomic E-state index is -4.41. The standard InChI is InChI=1S/C16H13F3N2O3/c1-24-15(23)13-7-6-12(9-20-13)21-14(22)8-10-2-4-11(5-3-10)16(17,18)19/h2-7,9H,8H2,1H3,(H,21,22). The molecular weight excluding hydrogens is 325 g/mol. The van der Waals surface area contributed by atoms with Gasteiger partial charge in [-0.2, -0.15) is 13.2 Å². The summed E-state index contributed by atoms with van der Waals surface area (Å²) in [6.45, 7) is 0. The highest BCUT2D eigenvalue weighted by Gasteiger charge is 2.29. The molecule has 1 amide bonds. The number of carbonyl (C=O) groups excluding carboxylic acids is 2. The van der Waals surface area contributed by atoms with E-state index in [0.29, 0.717) is 11.3 Å². The van der Waals surface area contributed by atoms with E-state index in [4.69, 9.17) is 0 Å². The van der Waals surface area contributed by atoms with Crippen LogP contribution in [-0.4, -0.2) is 24.0 Å². The largest absolute Gasteiger partial charge is 0.464 e. The van der Waals surface area contributed by atoms with Crippen LogP contribution in [0.3, 0.4) is 0 Å². The van der Waals surface area contributed by atoms with Crippen molar-refractivity contribution in [3.63, 3.8) is 0 Å². The first kappa shape index (κ1) is 17.5. The van der Waals surface area contributed by atoms with E-state index >= 15 is 0 Å². The number of alkyl halides is 3. The quantitative estimate of drug-likeness (QED) is 0.870. The maximum Gasteiger partial charge on any atom is 0.416 e. The minimum Gasteiger partial charge on any atom is -0.464 e. The molecule has 0 bridgehead atoms. The first-order valence-corrected chi connectivity index (χ1v) is 6.80. The van der Waals surface area contributed by atoms with Gasteiger partial charge in [-0.15, -0.1) is 0 Å². The van der Waals surface area contributed by atoms with Crippen molar-refractivity contribution in [2.24, 2.45) is 0 Å². The second-order valence-electron chi connectivity index (χ2n) is 4.84. The van der Waals surface area contributed by atoms with Crippen LogP contribution in [0.5, 0.6) is 0 Å². The molecule has 5 nitrogen and oxygen atoms in total. The zero-order chi connectivity index (χ0) is 17.7. The third kappa shape index (κ3) is 4.55. The predicted molar refractivity (Wildman–Crippen MR) is 79.4 cm³/mol. The lowest BCUT2D eigenvalue weighted by Gasteiger charge is -2.08. The molecule has 0 saturated carbocycles. The molecule has 0 radical (unpaired) electrons. The Labute approximate surface area is 135 Å². The Morgan fingerprint density at radius 2 is 1.79 bits per heavy atom. The topological polar surface area (TPSA) is 68.3 Å². The maximum absolute atomic E-state index is 12.5. The van der Waals surface area contributed by atoms with E-state index in [0.717, 1.165) is 12.1 Å². The second-order valence-corrected chi connectivity index (χ2v) is 4.84. The molecule has 1 aromatic heterocycles. The molecule has 0 aliphatic carbocycles. The average Bonchev–Trinajstić information content (AvgIpc) is 2.54. The average molecular weight is 338 g/mol. The Morgan fingerprint density at radius 1 is 1.12 bits per heavy atom. The van der Waals surface area contributed by atoms with Gasteiger partial charge < -0.3 is 10.1 Å². The van der Waals surface area contributed by atoms with Crippen molar-refractivity contribution in [2.75, 3.05) is 12.4 Å². The number of benzene rings is 1. The lowest BCUT2D eigenvalue weighted by molar-refractivity contribution is -0.137. The van der Waals surface area contributed by atoms with Gasteiger partial charge in [-0.05, 0) is 29.8 Å². The molecule has 24 heavy (non-hydrogen) atoms. The summed E-state index contributed by atoms with van der Waals surface area (Å²) in [5, 5.41) is 2.54. The van der Waals surface area contributed by atoms with E-state index < -0.39 is 23.6 Å². The Kier molecular flexibility index (Phi) is 5.18. The maximum atomic E-state index is 12.5. The number of halogens is 3. The van der Waals surface area contributed by atoms with E-state index in [1.165, 1.54) is 37.6 Å². The SMILES string of the molecule is COC(=O)c1ccc(NC(=O)Cc2ccc(C(F)(F)F)cc2)cn1. The number of methoxy groups -OCH3 is 1. The van der Waals surface area contributed by atoms with Crippen molar-refractivity contribution in [3.8, 4) is 0 Å².